The lowest BCUT2D eigenvalue weighted by atomic mass is 10.1. The SMILES string of the molecule is COc1ccc([C@@H](C)N)c(NC(=O)OC(C)(C)C)c1. The minimum Gasteiger partial charge on any atom is -0.497 e. The van der Waals surface area contributed by atoms with Gasteiger partial charge in [0.2, 0.25) is 0 Å². The highest BCUT2D eigenvalue weighted by Gasteiger charge is 2.18. The van der Waals surface area contributed by atoms with E-state index >= 15 is 0 Å². The minimum absolute atomic E-state index is 0.198. The smallest absolute Gasteiger partial charge is 0.412 e. The summed E-state index contributed by atoms with van der Waals surface area (Å²) in [5.74, 6) is 0.649. The van der Waals surface area contributed by atoms with Gasteiger partial charge in [0.25, 0.3) is 0 Å². The standard InChI is InChI=1S/C14H22N2O3/c1-9(15)11-7-6-10(18-5)8-12(11)16-13(17)19-14(2,3)4/h6-9H,15H2,1-5H3,(H,16,17)/t9-/m1/s1. The van der Waals surface area contributed by atoms with Gasteiger partial charge in [0.15, 0.2) is 0 Å². The number of carbonyl (C=O) groups excluding carboxylic acids is 1. The molecular formula is C14H22N2O3. The molecule has 1 atom stereocenters. The molecule has 0 saturated heterocycles. The third-order valence-electron chi connectivity index (χ3n) is 2.39. The lowest BCUT2D eigenvalue weighted by Crippen LogP contribution is -2.27. The molecule has 106 valence electrons. The molecule has 3 N–H and O–H groups in total. The summed E-state index contributed by atoms with van der Waals surface area (Å²) in [4.78, 5) is 11.8. The first-order valence-electron chi connectivity index (χ1n) is 6.16. The number of anilines is 1. The van der Waals surface area contributed by atoms with Crippen LogP contribution >= 0.6 is 0 Å². The predicted molar refractivity (Wildman–Crippen MR) is 75.5 cm³/mol. The molecule has 19 heavy (non-hydrogen) atoms. The summed E-state index contributed by atoms with van der Waals surface area (Å²) in [5, 5.41) is 2.70. The maximum Gasteiger partial charge on any atom is 0.412 e. The van der Waals surface area contributed by atoms with Crippen molar-refractivity contribution in [2.45, 2.75) is 39.3 Å². The molecular weight excluding hydrogens is 244 g/mol. The van der Waals surface area contributed by atoms with Crippen LogP contribution < -0.4 is 15.8 Å². The monoisotopic (exact) mass is 266 g/mol. The van der Waals surface area contributed by atoms with Crippen LogP contribution in [-0.2, 0) is 4.74 Å². The number of hydrogen-bond donors (Lipinski definition) is 2. The molecule has 0 aromatic heterocycles. The summed E-state index contributed by atoms with van der Waals surface area (Å²) in [5.41, 5.74) is 6.76. The molecule has 0 heterocycles. The highest BCUT2D eigenvalue weighted by atomic mass is 16.6. The van der Waals surface area contributed by atoms with E-state index in [2.05, 4.69) is 5.32 Å². The fourth-order valence-corrected chi connectivity index (χ4v) is 1.58. The Kier molecular flexibility index (Phi) is 4.78. The maximum atomic E-state index is 11.8. The van der Waals surface area contributed by atoms with Crippen LogP contribution in [0.2, 0.25) is 0 Å². The first-order chi connectivity index (χ1) is 8.73. The molecule has 0 aliphatic heterocycles. The molecule has 0 aliphatic rings. The van der Waals surface area contributed by atoms with Crippen molar-refractivity contribution >= 4 is 11.8 Å². The molecule has 0 aliphatic carbocycles. The quantitative estimate of drug-likeness (QED) is 0.881. The van der Waals surface area contributed by atoms with Crippen LogP contribution in [0.4, 0.5) is 10.5 Å². The summed E-state index contributed by atoms with van der Waals surface area (Å²) in [7, 11) is 1.57. The van der Waals surface area contributed by atoms with Gasteiger partial charge in [0.05, 0.1) is 12.8 Å². The van der Waals surface area contributed by atoms with E-state index in [9.17, 15) is 4.79 Å². The number of nitrogens with two attached hydrogens (primary N) is 1. The van der Waals surface area contributed by atoms with Gasteiger partial charge in [-0.05, 0) is 39.3 Å². The van der Waals surface area contributed by atoms with E-state index in [0.29, 0.717) is 11.4 Å². The van der Waals surface area contributed by atoms with Crippen molar-refractivity contribution in [3.8, 4) is 5.75 Å². The van der Waals surface area contributed by atoms with Gasteiger partial charge < -0.3 is 15.2 Å². The summed E-state index contributed by atoms with van der Waals surface area (Å²) >= 11 is 0. The van der Waals surface area contributed by atoms with Crippen LogP contribution in [0.5, 0.6) is 5.75 Å². The third-order valence-corrected chi connectivity index (χ3v) is 2.39. The number of benzene rings is 1. The third kappa shape index (κ3) is 4.79. The molecule has 1 aromatic rings. The Labute approximate surface area is 114 Å². The van der Waals surface area contributed by atoms with Gasteiger partial charge in [-0.2, -0.15) is 0 Å². The van der Waals surface area contributed by atoms with Gasteiger partial charge in [-0.15, -0.1) is 0 Å². The molecule has 5 heteroatoms. The highest BCUT2D eigenvalue weighted by molar-refractivity contribution is 5.86. The van der Waals surface area contributed by atoms with E-state index in [1.54, 1.807) is 19.2 Å². The normalized spacial score (nSPS) is 12.7. The van der Waals surface area contributed by atoms with Crippen LogP contribution in [0.25, 0.3) is 0 Å². The predicted octanol–water partition coefficient (Wildman–Crippen LogP) is 3.06. The Morgan fingerprint density at radius 2 is 2.00 bits per heavy atom. The van der Waals surface area contributed by atoms with Gasteiger partial charge in [-0.25, -0.2) is 4.79 Å². The Balaban J connectivity index is 2.94. The lowest BCUT2D eigenvalue weighted by molar-refractivity contribution is 0.0636. The van der Waals surface area contributed by atoms with E-state index in [0.717, 1.165) is 5.56 Å². The second-order valence-corrected chi connectivity index (χ2v) is 5.37. The largest absolute Gasteiger partial charge is 0.497 e. The van der Waals surface area contributed by atoms with Gasteiger partial charge in [-0.3, -0.25) is 5.32 Å². The number of rotatable bonds is 3. The molecule has 1 amide bonds. The zero-order chi connectivity index (χ0) is 14.6. The molecule has 0 fully saturated rings. The van der Waals surface area contributed by atoms with Crippen molar-refractivity contribution in [3.05, 3.63) is 23.8 Å². The summed E-state index contributed by atoms with van der Waals surface area (Å²) < 4.78 is 10.4. The van der Waals surface area contributed by atoms with Crippen LogP contribution in [0, 0.1) is 0 Å². The zero-order valence-electron chi connectivity index (χ0n) is 12.1. The molecule has 0 unspecified atom stereocenters. The van der Waals surface area contributed by atoms with Crippen LogP contribution in [0.15, 0.2) is 18.2 Å². The number of methoxy groups -OCH3 is 1. The minimum atomic E-state index is -0.544. The Bertz CT molecular complexity index is 450. The lowest BCUT2D eigenvalue weighted by Gasteiger charge is -2.21. The summed E-state index contributed by atoms with van der Waals surface area (Å²) in [6.07, 6.45) is -0.511. The van der Waals surface area contributed by atoms with E-state index in [4.69, 9.17) is 15.2 Å². The maximum absolute atomic E-state index is 11.8. The first kappa shape index (κ1) is 15.3. The number of ether oxygens (including phenoxy) is 2. The Morgan fingerprint density at radius 1 is 1.37 bits per heavy atom. The van der Waals surface area contributed by atoms with Crippen LogP contribution in [0.1, 0.15) is 39.3 Å². The fraction of sp³-hybridized carbons (Fsp3) is 0.500. The fourth-order valence-electron chi connectivity index (χ4n) is 1.58. The Hall–Kier alpha value is -1.75. The molecule has 0 spiro atoms. The van der Waals surface area contributed by atoms with Crippen molar-refractivity contribution in [1.29, 1.82) is 0 Å². The average molecular weight is 266 g/mol. The van der Waals surface area contributed by atoms with Crippen molar-refractivity contribution < 1.29 is 14.3 Å². The van der Waals surface area contributed by atoms with Gasteiger partial charge >= 0.3 is 6.09 Å². The summed E-state index contributed by atoms with van der Waals surface area (Å²) in [6.45, 7) is 7.28. The molecule has 5 nitrogen and oxygen atoms in total. The summed E-state index contributed by atoms with van der Waals surface area (Å²) in [6, 6.07) is 5.16. The van der Waals surface area contributed by atoms with Gasteiger partial charge in [-0.1, -0.05) is 6.07 Å². The molecule has 1 aromatic carbocycles. The number of hydrogen-bond acceptors (Lipinski definition) is 4. The van der Waals surface area contributed by atoms with Crippen LogP contribution in [-0.4, -0.2) is 18.8 Å². The van der Waals surface area contributed by atoms with Crippen LogP contribution in [0.3, 0.4) is 0 Å². The highest BCUT2D eigenvalue weighted by Crippen LogP contribution is 2.27. The van der Waals surface area contributed by atoms with Crippen molar-refractivity contribution in [1.82, 2.24) is 0 Å². The van der Waals surface area contributed by atoms with E-state index in [1.807, 2.05) is 33.8 Å². The second kappa shape index (κ2) is 5.93. The molecule has 0 saturated carbocycles. The van der Waals surface area contributed by atoms with E-state index in [-0.39, 0.29) is 6.04 Å². The average Bonchev–Trinajstić information content (AvgIpc) is 2.25. The number of amides is 1. The topological polar surface area (TPSA) is 73.6 Å². The number of nitrogens with one attached hydrogen (secondary N) is 1. The van der Waals surface area contributed by atoms with Crippen molar-refractivity contribution in [3.63, 3.8) is 0 Å². The van der Waals surface area contributed by atoms with E-state index in [1.165, 1.54) is 0 Å². The Morgan fingerprint density at radius 3 is 2.47 bits per heavy atom. The van der Waals surface area contributed by atoms with Crippen molar-refractivity contribution in [2.24, 2.45) is 5.73 Å². The first-order valence-corrected chi connectivity index (χ1v) is 6.16. The van der Waals surface area contributed by atoms with E-state index < -0.39 is 11.7 Å². The molecule has 1 rings (SSSR count). The zero-order valence-corrected chi connectivity index (χ0v) is 12.1. The van der Waals surface area contributed by atoms with Gasteiger partial charge in [0, 0.05) is 12.1 Å². The van der Waals surface area contributed by atoms with Gasteiger partial charge in [0.1, 0.15) is 11.4 Å². The number of carbonyl (C=O) groups is 1. The van der Waals surface area contributed by atoms with Crippen molar-refractivity contribution in [2.75, 3.05) is 12.4 Å². The second-order valence-electron chi connectivity index (χ2n) is 5.37. The molecule has 0 radical (unpaired) electrons. The molecule has 0 bridgehead atoms.